The van der Waals surface area contributed by atoms with Gasteiger partial charge in [0.1, 0.15) is 24.7 Å². The molecule has 0 spiro atoms. The summed E-state index contributed by atoms with van der Waals surface area (Å²) in [7, 11) is 0. The number of benzene rings is 4. The Bertz CT molecular complexity index is 2400. The third-order valence-electron chi connectivity index (χ3n) is 9.37. The monoisotopic (exact) mass is 710 g/mol. The Balaban J connectivity index is 1.15. The second-order valence-electron chi connectivity index (χ2n) is 12.9. The van der Waals surface area contributed by atoms with Crippen molar-refractivity contribution in [3.8, 4) is 0 Å². The quantitative estimate of drug-likeness (QED) is 0.0782. The normalized spacial score (nSPS) is 13.0. The molecule has 0 aliphatic heterocycles. The first-order chi connectivity index (χ1) is 25.8. The van der Waals surface area contributed by atoms with Gasteiger partial charge in [-0.25, -0.2) is 9.59 Å². The van der Waals surface area contributed by atoms with Gasteiger partial charge in [-0.05, 0) is 40.5 Å². The Morgan fingerprint density at radius 1 is 0.528 bits per heavy atom. The molecule has 0 unspecified atom stereocenters. The molecule has 0 radical (unpaired) electrons. The number of fused-ring (bicyclic) bond motifs is 3. The van der Waals surface area contributed by atoms with Crippen molar-refractivity contribution in [2.24, 2.45) is 0 Å². The molecule has 53 heavy (non-hydrogen) atoms. The van der Waals surface area contributed by atoms with E-state index < -0.39 is 42.0 Å². The number of rotatable bonds is 14. The maximum absolute atomic E-state index is 14.2. The van der Waals surface area contributed by atoms with Gasteiger partial charge in [-0.2, -0.15) is 0 Å². The standard InChI is InChI=1S/C41H38N6O6/c48-38(46-37(40(50)51)20-28-23-44-34-17-9-6-14-31(28)34)35(18-26-21-42-32-15-7-4-12-29(26)32)45-39(49)36(19-27-22-43-33-16-8-5-13-30(27)33)47-41(52)53-24-25-10-2-1-3-11-25/h1-17,21-23,35-37,42-44H,18-20,24H2,(H,45,49)(H,46,48)(H,47,52)(H,50,51)/t35-,36-,37-/m0/s1. The lowest BCUT2D eigenvalue weighted by Crippen LogP contribution is -2.57. The molecule has 4 aromatic carbocycles. The summed E-state index contributed by atoms with van der Waals surface area (Å²) in [5.41, 5.74) is 5.56. The highest BCUT2D eigenvalue weighted by Gasteiger charge is 2.31. The van der Waals surface area contributed by atoms with E-state index in [2.05, 4.69) is 30.9 Å². The number of hydrogen-bond acceptors (Lipinski definition) is 5. The highest BCUT2D eigenvalue weighted by Crippen LogP contribution is 2.22. The van der Waals surface area contributed by atoms with Crippen LogP contribution in [0, 0.1) is 0 Å². The molecule has 7 rings (SSSR count). The van der Waals surface area contributed by atoms with Crippen LogP contribution in [0.25, 0.3) is 32.7 Å². The topological polar surface area (TPSA) is 181 Å². The fourth-order valence-electron chi connectivity index (χ4n) is 6.63. The fourth-order valence-corrected chi connectivity index (χ4v) is 6.63. The van der Waals surface area contributed by atoms with Gasteiger partial charge in [0.2, 0.25) is 11.8 Å². The molecule has 12 nitrogen and oxygen atoms in total. The van der Waals surface area contributed by atoms with Crippen LogP contribution in [0.1, 0.15) is 22.3 Å². The molecule has 12 heteroatoms. The third kappa shape index (κ3) is 8.07. The zero-order valence-corrected chi connectivity index (χ0v) is 28.6. The van der Waals surface area contributed by atoms with Crippen LogP contribution in [0.15, 0.2) is 122 Å². The van der Waals surface area contributed by atoms with Crippen molar-refractivity contribution in [3.63, 3.8) is 0 Å². The second-order valence-corrected chi connectivity index (χ2v) is 12.9. The first-order valence-electron chi connectivity index (χ1n) is 17.3. The molecule has 0 aliphatic rings. The highest BCUT2D eigenvalue weighted by atomic mass is 16.5. The summed E-state index contributed by atoms with van der Waals surface area (Å²) in [4.78, 5) is 63.6. The molecule has 0 saturated heterocycles. The number of aromatic nitrogens is 3. The smallest absolute Gasteiger partial charge is 0.408 e. The third-order valence-corrected chi connectivity index (χ3v) is 9.37. The van der Waals surface area contributed by atoms with Crippen molar-refractivity contribution in [1.29, 1.82) is 0 Å². The van der Waals surface area contributed by atoms with Crippen molar-refractivity contribution < 1.29 is 29.0 Å². The molecule has 3 atom stereocenters. The van der Waals surface area contributed by atoms with Gasteiger partial charge in [-0.15, -0.1) is 0 Å². The Kier molecular flexibility index (Phi) is 10.2. The van der Waals surface area contributed by atoms with Crippen LogP contribution in [0.3, 0.4) is 0 Å². The molecule has 0 saturated carbocycles. The van der Waals surface area contributed by atoms with Crippen molar-refractivity contribution in [3.05, 3.63) is 144 Å². The van der Waals surface area contributed by atoms with Gasteiger partial charge >= 0.3 is 12.1 Å². The molecule has 7 N–H and O–H groups in total. The molecule has 0 bridgehead atoms. The Labute approximate surface area is 303 Å². The molecule has 3 heterocycles. The molecular formula is C41H38N6O6. The highest BCUT2D eigenvalue weighted by molar-refractivity contribution is 5.95. The van der Waals surface area contributed by atoms with Gasteiger partial charge in [0.05, 0.1) is 0 Å². The van der Waals surface area contributed by atoms with E-state index in [4.69, 9.17) is 4.74 Å². The Morgan fingerprint density at radius 3 is 1.40 bits per heavy atom. The van der Waals surface area contributed by atoms with Gasteiger partial charge in [0, 0.05) is 70.6 Å². The number of carbonyl (C=O) groups excluding carboxylic acids is 3. The number of aliphatic carboxylic acids is 1. The summed E-state index contributed by atoms with van der Waals surface area (Å²) < 4.78 is 5.47. The first kappa shape index (κ1) is 34.6. The number of hydrogen-bond donors (Lipinski definition) is 7. The number of amides is 3. The minimum absolute atomic E-state index is 0.00724. The van der Waals surface area contributed by atoms with Gasteiger partial charge in [-0.1, -0.05) is 84.9 Å². The predicted molar refractivity (Wildman–Crippen MR) is 201 cm³/mol. The maximum Gasteiger partial charge on any atom is 0.408 e. The Hall–Kier alpha value is -6.82. The van der Waals surface area contributed by atoms with Crippen molar-refractivity contribution in [2.45, 2.75) is 44.0 Å². The van der Waals surface area contributed by atoms with E-state index in [-0.39, 0.29) is 25.9 Å². The van der Waals surface area contributed by atoms with Gasteiger partial charge in [-0.3, -0.25) is 9.59 Å². The molecule has 268 valence electrons. The van der Waals surface area contributed by atoms with Crippen LogP contribution in [-0.2, 0) is 45.0 Å². The van der Waals surface area contributed by atoms with Crippen LogP contribution < -0.4 is 16.0 Å². The van der Waals surface area contributed by atoms with E-state index in [1.54, 1.807) is 18.6 Å². The van der Waals surface area contributed by atoms with E-state index in [0.29, 0.717) is 0 Å². The van der Waals surface area contributed by atoms with Crippen molar-refractivity contribution in [1.82, 2.24) is 30.9 Å². The van der Waals surface area contributed by atoms with Gasteiger partial charge in [0.25, 0.3) is 0 Å². The predicted octanol–water partition coefficient (Wildman–Crippen LogP) is 5.51. The van der Waals surface area contributed by atoms with Crippen LogP contribution in [-0.4, -0.2) is 62.1 Å². The van der Waals surface area contributed by atoms with E-state index in [1.807, 2.05) is 103 Å². The second kappa shape index (κ2) is 15.6. The average molecular weight is 711 g/mol. The number of carbonyl (C=O) groups is 4. The van der Waals surface area contributed by atoms with Crippen LogP contribution >= 0.6 is 0 Å². The lowest BCUT2D eigenvalue weighted by Gasteiger charge is -2.24. The van der Waals surface area contributed by atoms with E-state index in [1.165, 1.54) is 0 Å². The van der Waals surface area contributed by atoms with Crippen LogP contribution in [0.5, 0.6) is 0 Å². The summed E-state index contributed by atoms with van der Waals surface area (Å²) in [6, 6.07) is 28.2. The number of alkyl carbamates (subject to hydrolysis) is 1. The molecule has 3 aromatic heterocycles. The Morgan fingerprint density at radius 2 is 0.925 bits per heavy atom. The zero-order chi connectivity index (χ0) is 36.7. The maximum atomic E-state index is 14.2. The molecule has 0 fully saturated rings. The zero-order valence-electron chi connectivity index (χ0n) is 28.6. The lowest BCUT2D eigenvalue weighted by atomic mass is 10.0. The minimum atomic E-state index is -1.29. The molecule has 7 aromatic rings. The van der Waals surface area contributed by atoms with Crippen LogP contribution in [0.4, 0.5) is 4.79 Å². The number of ether oxygens (including phenoxy) is 1. The van der Waals surface area contributed by atoms with E-state index in [9.17, 15) is 24.3 Å². The number of carboxylic acid groups (broad SMARTS) is 1. The largest absolute Gasteiger partial charge is 0.480 e. The van der Waals surface area contributed by atoms with Gasteiger partial charge in [0.15, 0.2) is 0 Å². The molecule has 0 aliphatic carbocycles. The van der Waals surface area contributed by atoms with Crippen LogP contribution in [0.2, 0.25) is 0 Å². The number of aromatic amines is 3. The number of carboxylic acids is 1. The average Bonchev–Trinajstić information content (AvgIpc) is 3.91. The summed E-state index contributed by atoms with van der Waals surface area (Å²) in [6.07, 6.45) is 4.60. The lowest BCUT2D eigenvalue weighted by molar-refractivity contribution is -0.142. The number of para-hydroxylation sites is 3. The van der Waals surface area contributed by atoms with Gasteiger partial charge < -0.3 is 40.7 Å². The van der Waals surface area contributed by atoms with Crippen molar-refractivity contribution >= 4 is 56.6 Å². The summed E-state index contributed by atoms with van der Waals surface area (Å²) in [5.74, 6) is -2.55. The number of nitrogens with one attached hydrogen (secondary N) is 6. The summed E-state index contributed by atoms with van der Waals surface area (Å²) in [5, 5.41) is 21.0. The van der Waals surface area contributed by atoms with E-state index in [0.717, 1.165) is 55.0 Å². The first-order valence-corrected chi connectivity index (χ1v) is 17.3. The number of H-pyrrole nitrogens is 3. The summed E-state index contributed by atoms with van der Waals surface area (Å²) in [6.45, 7) is -0.00724. The molecule has 3 amide bonds. The minimum Gasteiger partial charge on any atom is -0.480 e. The van der Waals surface area contributed by atoms with Crippen molar-refractivity contribution in [2.75, 3.05) is 0 Å². The summed E-state index contributed by atoms with van der Waals surface area (Å²) >= 11 is 0. The fraction of sp³-hybridized carbons (Fsp3) is 0.171. The SMILES string of the molecule is O=C(N[C@@H](Cc1c[nH]c2ccccc12)C(=O)N[C@@H](Cc1c[nH]c2ccccc12)C(=O)N[C@@H](Cc1c[nH]c2ccccc12)C(=O)O)OCc1ccccc1. The molecular weight excluding hydrogens is 672 g/mol. The van der Waals surface area contributed by atoms with E-state index >= 15 is 0 Å².